The van der Waals surface area contributed by atoms with Crippen LogP contribution in [0.25, 0.3) is 0 Å². The van der Waals surface area contributed by atoms with E-state index >= 15 is 0 Å². The highest BCUT2D eigenvalue weighted by molar-refractivity contribution is 5.89. The number of aliphatic carboxylic acids is 1. The molecule has 0 spiro atoms. The Bertz CT molecular complexity index is 464. The third kappa shape index (κ3) is 4.59. The summed E-state index contributed by atoms with van der Waals surface area (Å²) >= 11 is 0. The lowest BCUT2D eigenvalue weighted by molar-refractivity contribution is -0.142. The van der Waals surface area contributed by atoms with Crippen molar-refractivity contribution in [1.29, 1.82) is 0 Å². The van der Waals surface area contributed by atoms with Gasteiger partial charge in [0.2, 0.25) is 0 Å². The standard InChI is InChI=1S/C15H18O4.C2H6/c1-19-15(18)11-7-5-10(6-8-11)12-3-2-4-13(9-12)14(16)17;1-2/h5-8,12-13H,2-4,9H2,1H3,(H,16,17);1-2H3/t12-,13+;/m1./s1. The molecule has 4 nitrogen and oxygen atoms in total. The number of carbonyl (C=O) groups excluding carboxylic acids is 1. The molecule has 2 rings (SSSR count). The first-order chi connectivity index (χ1) is 10.1. The van der Waals surface area contributed by atoms with Crippen molar-refractivity contribution < 1.29 is 19.4 Å². The molecule has 0 unspecified atom stereocenters. The minimum Gasteiger partial charge on any atom is -0.481 e. The van der Waals surface area contributed by atoms with Gasteiger partial charge in [0, 0.05) is 0 Å². The van der Waals surface area contributed by atoms with E-state index in [0.29, 0.717) is 12.0 Å². The van der Waals surface area contributed by atoms with Crippen LogP contribution in [0.2, 0.25) is 0 Å². The third-order valence-electron chi connectivity index (χ3n) is 3.83. The molecule has 0 bridgehead atoms. The molecule has 1 aromatic rings. The van der Waals surface area contributed by atoms with Crippen LogP contribution in [0.5, 0.6) is 0 Å². The number of rotatable bonds is 3. The molecular weight excluding hydrogens is 268 g/mol. The number of esters is 1. The summed E-state index contributed by atoms with van der Waals surface area (Å²) in [4.78, 5) is 22.4. The van der Waals surface area contributed by atoms with Crippen LogP contribution in [0.15, 0.2) is 24.3 Å². The van der Waals surface area contributed by atoms with Crippen LogP contribution < -0.4 is 0 Å². The van der Waals surface area contributed by atoms with Crippen LogP contribution in [-0.4, -0.2) is 24.2 Å². The van der Waals surface area contributed by atoms with Gasteiger partial charge in [0.05, 0.1) is 18.6 Å². The highest BCUT2D eigenvalue weighted by Gasteiger charge is 2.27. The average Bonchev–Trinajstić information content (AvgIpc) is 2.56. The van der Waals surface area contributed by atoms with Crippen LogP contribution in [0.3, 0.4) is 0 Å². The molecule has 2 atom stereocenters. The fourth-order valence-corrected chi connectivity index (χ4v) is 2.73. The Balaban J connectivity index is 0.00000106. The summed E-state index contributed by atoms with van der Waals surface area (Å²) in [5.74, 6) is -1.00. The van der Waals surface area contributed by atoms with Gasteiger partial charge >= 0.3 is 11.9 Å². The number of ether oxygens (including phenoxy) is 1. The Kier molecular flexibility index (Phi) is 6.92. The molecule has 4 heteroatoms. The van der Waals surface area contributed by atoms with Crippen LogP contribution >= 0.6 is 0 Å². The second-order valence-corrected chi connectivity index (χ2v) is 5.01. The highest BCUT2D eigenvalue weighted by Crippen LogP contribution is 2.36. The second-order valence-electron chi connectivity index (χ2n) is 5.01. The summed E-state index contributed by atoms with van der Waals surface area (Å²) in [6.07, 6.45) is 3.42. The molecule has 0 radical (unpaired) electrons. The summed E-state index contributed by atoms with van der Waals surface area (Å²) < 4.78 is 4.65. The first-order valence-corrected chi connectivity index (χ1v) is 7.53. The van der Waals surface area contributed by atoms with E-state index in [9.17, 15) is 9.59 Å². The minimum atomic E-state index is -0.698. The summed E-state index contributed by atoms with van der Waals surface area (Å²) in [5.41, 5.74) is 1.63. The average molecular weight is 292 g/mol. The van der Waals surface area contributed by atoms with Crippen molar-refractivity contribution in [1.82, 2.24) is 0 Å². The molecule has 116 valence electrons. The lowest BCUT2D eigenvalue weighted by atomic mass is 9.78. The molecule has 0 aliphatic heterocycles. The van der Waals surface area contributed by atoms with Crippen molar-refractivity contribution in [2.24, 2.45) is 5.92 Å². The number of carboxylic acids is 1. The molecule has 1 fully saturated rings. The van der Waals surface area contributed by atoms with Crippen molar-refractivity contribution in [3.05, 3.63) is 35.4 Å². The number of methoxy groups -OCH3 is 1. The molecule has 1 aromatic carbocycles. The zero-order valence-corrected chi connectivity index (χ0v) is 13.0. The maximum Gasteiger partial charge on any atom is 0.337 e. The fourth-order valence-electron chi connectivity index (χ4n) is 2.73. The molecule has 21 heavy (non-hydrogen) atoms. The first-order valence-electron chi connectivity index (χ1n) is 7.53. The van der Waals surface area contributed by atoms with Crippen LogP contribution in [0.4, 0.5) is 0 Å². The lowest BCUT2D eigenvalue weighted by Gasteiger charge is -2.27. The fraction of sp³-hybridized carbons (Fsp3) is 0.529. The molecule has 0 saturated heterocycles. The van der Waals surface area contributed by atoms with Gasteiger partial charge in [-0.05, 0) is 42.9 Å². The maximum atomic E-state index is 11.3. The van der Waals surface area contributed by atoms with Crippen molar-refractivity contribution in [2.75, 3.05) is 7.11 Å². The number of carbonyl (C=O) groups is 2. The van der Waals surface area contributed by atoms with Crippen LogP contribution in [0.1, 0.15) is 61.4 Å². The van der Waals surface area contributed by atoms with Gasteiger partial charge in [-0.2, -0.15) is 0 Å². The molecule has 1 aliphatic rings. The topological polar surface area (TPSA) is 63.6 Å². The Morgan fingerprint density at radius 2 is 1.76 bits per heavy atom. The van der Waals surface area contributed by atoms with Gasteiger partial charge in [-0.25, -0.2) is 4.79 Å². The Morgan fingerprint density at radius 3 is 2.29 bits per heavy atom. The highest BCUT2D eigenvalue weighted by atomic mass is 16.5. The number of hydrogen-bond acceptors (Lipinski definition) is 3. The van der Waals surface area contributed by atoms with Crippen LogP contribution in [0, 0.1) is 5.92 Å². The van der Waals surface area contributed by atoms with Gasteiger partial charge in [0.1, 0.15) is 0 Å². The van der Waals surface area contributed by atoms with Gasteiger partial charge < -0.3 is 9.84 Å². The first kappa shape index (κ1) is 17.2. The van der Waals surface area contributed by atoms with E-state index in [1.54, 1.807) is 12.1 Å². The molecule has 1 N–H and O–H groups in total. The largest absolute Gasteiger partial charge is 0.481 e. The zero-order valence-electron chi connectivity index (χ0n) is 13.0. The molecule has 1 aliphatic carbocycles. The number of hydrogen-bond donors (Lipinski definition) is 1. The van der Waals surface area contributed by atoms with E-state index in [1.807, 2.05) is 26.0 Å². The summed E-state index contributed by atoms with van der Waals surface area (Å²) in [6.45, 7) is 4.00. The molecular formula is C17H24O4. The quantitative estimate of drug-likeness (QED) is 0.859. The third-order valence-corrected chi connectivity index (χ3v) is 3.83. The number of carboxylic acid groups (broad SMARTS) is 1. The van der Waals surface area contributed by atoms with E-state index in [0.717, 1.165) is 24.8 Å². The monoisotopic (exact) mass is 292 g/mol. The molecule has 0 amide bonds. The van der Waals surface area contributed by atoms with Crippen molar-refractivity contribution in [2.45, 2.75) is 45.4 Å². The van der Waals surface area contributed by atoms with E-state index in [-0.39, 0.29) is 17.8 Å². The van der Waals surface area contributed by atoms with Crippen molar-refractivity contribution >= 4 is 11.9 Å². The maximum absolute atomic E-state index is 11.3. The second kappa shape index (κ2) is 8.45. The molecule has 1 saturated carbocycles. The van der Waals surface area contributed by atoms with Gasteiger partial charge in [-0.3, -0.25) is 4.79 Å². The summed E-state index contributed by atoms with van der Waals surface area (Å²) in [6, 6.07) is 7.29. The van der Waals surface area contributed by atoms with E-state index in [1.165, 1.54) is 7.11 Å². The van der Waals surface area contributed by atoms with Gasteiger partial charge in [0.15, 0.2) is 0 Å². The van der Waals surface area contributed by atoms with Crippen LogP contribution in [-0.2, 0) is 9.53 Å². The Morgan fingerprint density at radius 1 is 1.14 bits per heavy atom. The predicted molar refractivity (Wildman–Crippen MR) is 81.5 cm³/mol. The zero-order chi connectivity index (χ0) is 15.8. The number of benzene rings is 1. The smallest absolute Gasteiger partial charge is 0.337 e. The summed E-state index contributed by atoms with van der Waals surface area (Å²) in [7, 11) is 1.36. The molecule has 0 aromatic heterocycles. The van der Waals surface area contributed by atoms with E-state index in [2.05, 4.69) is 4.74 Å². The Hall–Kier alpha value is -1.84. The SMILES string of the molecule is CC.COC(=O)c1ccc([C@@H]2CCC[C@H](C(=O)O)C2)cc1. The van der Waals surface area contributed by atoms with Gasteiger partial charge in [-0.15, -0.1) is 0 Å². The summed E-state index contributed by atoms with van der Waals surface area (Å²) in [5, 5.41) is 9.09. The lowest BCUT2D eigenvalue weighted by Crippen LogP contribution is -2.21. The molecule has 0 heterocycles. The predicted octanol–water partition coefficient (Wildman–Crippen LogP) is 3.86. The van der Waals surface area contributed by atoms with Gasteiger partial charge in [0.25, 0.3) is 0 Å². The van der Waals surface area contributed by atoms with Crippen molar-refractivity contribution in [3.63, 3.8) is 0 Å². The van der Waals surface area contributed by atoms with Crippen molar-refractivity contribution in [3.8, 4) is 0 Å². The van der Waals surface area contributed by atoms with E-state index < -0.39 is 5.97 Å². The Labute approximate surface area is 126 Å². The van der Waals surface area contributed by atoms with Gasteiger partial charge in [-0.1, -0.05) is 32.4 Å². The van der Waals surface area contributed by atoms with E-state index in [4.69, 9.17) is 5.11 Å². The normalized spacial score (nSPS) is 20.9. The minimum absolute atomic E-state index is 0.237.